The SMILES string of the molecule is CCc1nc(N2CCN(CC)CC2)cc(=O)[nH]1. The van der Waals surface area contributed by atoms with Crippen LogP contribution in [0.5, 0.6) is 0 Å². The van der Waals surface area contributed by atoms with Gasteiger partial charge in [-0.1, -0.05) is 13.8 Å². The van der Waals surface area contributed by atoms with Crippen molar-refractivity contribution >= 4 is 5.82 Å². The summed E-state index contributed by atoms with van der Waals surface area (Å²) in [5.74, 6) is 1.59. The number of nitrogens with zero attached hydrogens (tertiary/aromatic N) is 3. The predicted molar refractivity (Wildman–Crippen MR) is 68.6 cm³/mol. The molecular formula is C12H20N4O. The second-order valence-corrected chi connectivity index (χ2v) is 4.33. The van der Waals surface area contributed by atoms with Crippen LogP contribution in [0, 0.1) is 0 Å². The summed E-state index contributed by atoms with van der Waals surface area (Å²) in [6.45, 7) is 9.27. The molecule has 5 nitrogen and oxygen atoms in total. The molecule has 1 aliphatic heterocycles. The van der Waals surface area contributed by atoms with E-state index in [4.69, 9.17) is 0 Å². The summed E-state index contributed by atoms with van der Waals surface area (Å²) in [7, 11) is 0. The Hall–Kier alpha value is -1.36. The normalized spacial score (nSPS) is 17.4. The molecule has 0 radical (unpaired) electrons. The Labute approximate surface area is 101 Å². The highest BCUT2D eigenvalue weighted by Gasteiger charge is 2.17. The lowest BCUT2D eigenvalue weighted by Crippen LogP contribution is -2.46. The Morgan fingerprint density at radius 3 is 2.59 bits per heavy atom. The molecule has 5 heteroatoms. The van der Waals surface area contributed by atoms with Gasteiger partial charge in [0.05, 0.1) is 0 Å². The van der Waals surface area contributed by atoms with Crippen LogP contribution in [0.1, 0.15) is 19.7 Å². The van der Waals surface area contributed by atoms with Crippen LogP contribution in [-0.2, 0) is 6.42 Å². The fourth-order valence-electron chi connectivity index (χ4n) is 2.12. The van der Waals surface area contributed by atoms with Crippen LogP contribution in [0.4, 0.5) is 5.82 Å². The summed E-state index contributed by atoms with van der Waals surface area (Å²) < 4.78 is 0. The monoisotopic (exact) mass is 236 g/mol. The summed E-state index contributed by atoms with van der Waals surface area (Å²) in [4.78, 5) is 23.3. The molecule has 0 unspecified atom stereocenters. The Morgan fingerprint density at radius 2 is 2.00 bits per heavy atom. The highest BCUT2D eigenvalue weighted by molar-refractivity contribution is 5.38. The van der Waals surface area contributed by atoms with Crippen molar-refractivity contribution in [3.8, 4) is 0 Å². The van der Waals surface area contributed by atoms with Gasteiger partial charge < -0.3 is 14.8 Å². The molecule has 17 heavy (non-hydrogen) atoms. The third-order valence-electron chi connectivity index (χ3n) is 3.26. The molecule has 0 atom stereocenters. The zero-order chi connectivity index (χ0) is 12.3. The van der Waals surface area contributed by atoms with Crippen LogP contribution in [0.25, 0.3) is 0 Å². The summed E-state index contributed by atoms with van der Waals surface area (Å²) in [6.07, 6.45) is 0.762. The molecule has 1 aromatic rings. The van der Waals surface area contributed by atoms with Gasteiger partial charge in [-0.3, -0.25) is 4.79 Å². The second-order valence-electron chi connectivity index (χ2n) is 4.33. The van der Waals surface area contributed by atoms with Gasteiger partial charge >= 0.3 is 0 Å². The van der Waals surface area contributed by atoms with Gasteiger partial charge in [-0.15, -0.1) is 0 Å². The Bertz CT molecular complexity index is 421. The van der Waals surface area contributed by atoms with E-state index in [0.29, 0.717) is 0 Å². The van der Waals surface area contributed by atoms with Crippen molar-refractivity contribution < 1.29 is 0 Å². The van der Waals surface area contributed by atoms with Crippen LogP contribution in [0.3, 0.4) is 0 Å². The minimum atomic E-state index is -0.0511. The largest absolute Gasteiger partial charge is 0.354 e. The van der Waals surface area contributed by atoms with Crippen LogP contribution in [0.2, 0.25) is 0 Å². The van der Waals surface area contributed by atoms with Gasteiger partial charge in [-0.2, -0.15) is 0 Å². The minimum Gasteiger partial charge on any atom is -0.354 e. The zero-order valence-corrected chi connectivity index (χ0v) is 10.6. The van der Waals surface area contributed by atoms with Gasteiger partial charge in [-0.25, -0.2) is 4.98 Å². The van der Waals surface area contributed by atoms with Crippen molar-refractivity contribution in [1.82, 2.24) is 14.9 Å². The molecule has 0 bridgehead atoms. The molecule has 1 aromatic heterocycles. The predicted octanol–water partition coefficient (Wildman–Crippen LogP) is 0.474. The number of aromatic nitrogens is 2. The van der Waals surface area contributed by atoms with Crippen LogP contribution >= 0.6 is 0 Å². The molecule has 0 amide bonds. The van der Waals surface area contributed by atoms with Gasteiger partial charge in [0.1, 0.15) is 11.6 Å². The van der Waals surface area contributed by atoms with Gasteiger partial charge in [0, 0.05) is 38.7 Å². The maximum atomic E-state index is 11.5. The lowest BCUT2D eigenvalue weighted by atomic mass is 10.3. The molecule has 94 valence electrons. The van der Waals surface area contributed by atoms with E-state index < -0.39 is 0 Å². The molecule has 1 fully saturated rings. The number of piperazine rings is 1. The van der Waals surface area contributed by atoms with E-state index >= 15 is 0 Å². The molecule has 0 aromatic carbocycles. The zero-order valence-electron chi connectivity index (χ0n) is 10.6. The van der Waals surface area contributed by atoms with Crippen LogP contribution in [0.15, 0.2) is 10.9 Å². The lowest BCUT2D eigenvalue weighted by molar-refractivity contribution is 0.270. The Balaban J connectivity index is 2.12. The molecule has 1 N–H and O–H groups in total. The Morgan fingerprint density at radius 1 is 1.29 bits per heavy atom. The number of likely N-dealkylation sites (N-methyl/N-ethyl adjacent to an activating group) is 1. The smallest absolute Gasteiger partial charge is 0.252 e. The second kappa shape index (κ2) is 5.31. The van der Waals surface area contributed by atoms with Crippen molar-refractivity contribution in [2.75, 3.05) is 37.6 Å². The third kappa shape index (κ3) is 2.85. The first-order valence-electron chi connectivity index (χ1n) is 6.30. The summed E-state index contributed by atoms with van der Waals surface area (Å²) in [6, 6.07) is 1.60. The average Bonchev–Trinajstić information content (AvgIpc) is 2.38. The summed E-state index contributed by atoms with van der Waals surface area (Å²) in [5, 5.41) is 0. The number of anilines is 1. The highest BCUT2D eigenvalue weighted by atomic mass is 16.1. The molecule has 0 spiro atoms. The van der Waals surface area contributed by atoms with E-state index in [1.807, 2.05) is 6.92 Å². The quantitative estimate of drug-likeness (QED) is 0.829. The van der Waals surface area contributed by atoms with E-state index in [1.54, 1.807) is 6.07 Å². The van der Waals surface area contributed by atoms with E-state index in [0.717, 1.165) is 50.8 Å². The van der Waals surface area contributed by atoms with Gasteiger partial charge in [-0.05, 0) is 6.54 Å². The number of aromatic amines is 1. The summed E-state index contributed by atoms with van der Waals surface area (Å²) in [5.41, 5.74) is -0.0511. The van der Waals surface area contributed by atoms with Crippen molar-refractivity contribution in [1.29, 1.82) is 0 Å². The number of nitrogens with one attached hydrogen (secondary N) is 1. The lowest BCUT2D eigenvalue weighted by Gasteiger charge is -2.34. The van der Waals surface area contributed by atoms with Gasteiger partial charge in [0.25, 0.3) is 5.56 Å². The number of H-pyrrole nitrogens is 1. The topological polar surface area (TPSA) is 52.2 Å². The molecule has 1 saturated heterocycles. The first kappa shape index (κ1) is 12.1. The van der Waals surface area contributed by atoms with E-state index in [9.17, 15) is 4.79 Å². The maximum Gasteiger partial charge on any atom is 0.252 e. The third-order valence-corrected chi connectivity index (χ3v) is 3.26. The van der Waals surface area contributed by atoms with Crippen molar-refractivity contribution in [2.24, 2.45) is 0 Å². The molecular weight excluding hydrogens is 216 g/mol. The standard InChI is InChI=1S/C12H20N4O/c1-3-10-13-11(9-12(17)14-10)16-7-5-15(4-2)6-8-16/h9H,3-8H2,1-2H3,(H,13,14,17). The Kier molecular flexibility index (Phi) is 3.78. The first-order chi connectivity index (χ1) is 8.22. The molecule has 2 rings (SSSR count). The number of rotatable bonds is 3. The minimum absolute atomic E-state index is 0.0511. The number of hydrogen-bond acceptors (Lipinski definition) is 4. The molecule has 2 heterocycles. The van der Waals surface area contributed by atoms with Crippen molar-refractivity contribution in [3.05, 3.63) is 22.2 Å². The van der Waals surface area contributed by atoms with Crippen LogP contribution < -0.4 is 10.5 Å². The van der Waals surface area contributed by atoms with E-state index in [-0.39, 0.29) is 5.56 Å². The maximum absolute atomic E-state index is 11.5. The van der Waals surface area contributed by atoms with E-state index in [1.165, 1.54) is 0 Å². The van der Waals surface area contributed by atoms with Crippen molar-refractivity contribution in [3.63, 3.8) is 0 Å². The molecule has 1 aliphatic rings. The van der Waals surface area contributed by atoms with E-state index in [2.05, 4.69) is 26.7 Å². The van der Waals surface area contributed by atoms with Gasteiger partial charge in [0.15, 0.2) is 0 Å². The fourth-order valence-corrected chi connectivity index (χ4v) is 2.12. The highest BCUT2D eigenvalue weighted by Crippen LogP contribution is 2.11. The van der Waals surface area contributed by atoms with Gasteiger partial charge in [0.2, 0.25) is 0 Å². The average molecular weight is 236 g/mol. The number of aryl methyl sites for hydroxylation is 1. The fraction of sp³-hybridized carbons (Fsp3) is 0.667. The molecule has 0 aliphatic carbocycles. The van der Waals surface area contributed by atoms with Crippen molar-refractivity contribution in [2.45, 2.75) is 20.3 Å². The summed E-state index contributed by atoms with van der Waals surface area (Å²) >= 11 is 0. The molecule has 0 saturated carbocycles. The first-order valence-corrected chi connectivity index (χ1v) is 6.30. The number of hydrogen-bond donors (Lipinski definition) is 1. The van der Waals surface area contributed by atoms with Crippen LogP contribution in [-0.4, -0.2) is 47.6 Å².